The average Bonchev–Trinajstić information content (AvgIpc) is 2.92. The highest BCUT2D eigenvalue weighted by molar-refractivity contribution is 7.09. The molecular weight excluding hydrogens is 304 g/mol. The van der Waals surface area contributed by atoms with E-state index < -0.39 is 11.6 Å². The standard InChI is InChI=1S/C16H17F2N3S/c1-9(15-21-13(8-22-15)16(2,3)4)20-14-11(17)5-10(7-19)6-12(14)18/h5-6,8-9,20H,1-4H3. The second-order valence-electron chi connectivity index (χ2n) is 6.11. The summed E-state index contributed by atoms with van der Waals surface area (Å²) in [4.78, 5) is 4.53. The Labute approximate surface area is 132 Å². The van der Waals surface area contributed by atoms with Gasteiger partial charge in [-0.25, -0.2) is 13.8 Å². The van der Waals surface area contributed by atoms with Crippen LogP contribution in [0.4, 0.5) is 14.5 Å². The maximum Gasteiger partial charge on any atom is 0.150 e. The fourth-order valence-electron chi connectivity index (χ4n) is 1.88. The van der Waals surface area contributed by atoms with E-state index in [-0.39, 0.29) is 22.7 Å². The summed E-state index contributed by atoms with van der Waals surface area (Å²) in [5.74, 6) is -1.56. The summed E-state index contributed by atoms with van der Waals surface area (Å²) in [6.07, 6.45) is 0. The Morgan fingerprint density at radius 2 is 1.86 bits per heavy atom. The van der Waals surface area contributed by atoms with Crippen LogP contribution in [-0.2, 0) is 5.41 Å². The molecule has 0 aliphatic rings. The van der Waals surface area contributed by atoms with Gasteiger partial charge in [0.1, 0.15) is 10.7 Å². The van der Waals surface area contributed by atoms with Gasteiger partial charge in [-0.2, -0.15) is 5.26 Å². The molecule has 6 heteroatoms. The zero-order valence-electron chi connectivity index (χ0n) is 12.9. The van der Waals surface area contributed by atoms with Crippen molar-refractivity contribution in [2.45, 2.75) is 39.2 Å². The van der Waals surface area contributed by atoms with Gasteiger partial charge in [-0.15, -0.1) is 11.3 Å². The quantitative estimate of drug-likeness (QED) is 0.886. The molecule has 0 saturated carbocycles. The Bertz CT molecular complexity index is 703. The van der Waals surface area contributed by atoms with Gasteiger partial charge in [-0.1, -0.05) is 20.8 Å². The highest BCUT2D eigenvalue weighted by Gasteiger charge is 2.21. The average molecular weight is 321 g/mol. The number of thiazole rings is 1. The summed E-state index contributed by atoms with van der Waals surface area (Å²) >= 11 is 1.45. The third-order valence-electron chi connectivity index (χ3n) is 3.19. The monoisotopic (exact) mass is 321 g/mol. The molecule has 0 fully saturated rings. The number of nitrogens with one attached hydrogen (secondary N) is 1. The van der Waals surface area contributed by atoms with Crippen LogP contribution in [0.3, 0.4) is 0 Å². The molecule has 0 aliphatic heterocycles. The topological polar surface area (TPSA) is 48.7 Å². The third-order valence-corrected chi connectivity index (χ3v) is 4.22. The van der Waals surface area contributed by atoms with Crippen molar-refractivity contribution in [2.75, 3.05) is 5.32 Å². The second kappa shape index (κ2) is 6.01. The summed E-state index contributed by atoms with van der Waals surface area (Å²) in [5.41, 5.74) is 0.595. The first kappa shape index (κ1) is 16.4. The Kier molecular flexibility index (Phi) is 4.47. The molecule has 1 N–H and O–H groups in total. The van der Waals surface area contributed by atoms with E-state index in [0.717, 1.165) is 22.8 Å². The minimum Gasteiger partial charge on any atom is -0.371 e. The summed E-state index contributed by atoms with van der Waals surface area (Å²) in [6, 6.07) is 3.42. The van der Waals surface area contributed by atoms with Crippen LogP contribution < -0.4 is 5.32 Å². The number of halogens is 2. The van der Waals surface area contributed by atoms with Crippen molar-refractivity contribution < 1.29 is 8.78 Å². The molecule has 2 rings (SSSR count). The smallest absolute Gasteiger partial charge is 0.150 e. The lowest BCUT2D eigenvalue weighted by atomic mass is 9.93. The first-order valence-corrected chi connectivity index (χ1v) is 7.72. The van der Waals surface area contributed by atoms with Crippen LogP contribution in [0.2, 0.25) is 0 Å². The Balaban J connectivity index is 2.24. The van der Waals surface area contributed by atoms with E-state index in [1.54, 1.807) is 13.0 Å². The number of hydrogen-bond acceptors (Lipinski definition) is 4. The molecule has 3 nitrogen and oxygen atoms in total. The zero-order chi connectivity index (χ0) is 16.5. The van der Waals surface area contributed by atoms with Gasteiger partial charge in [-0.3, -0.25) is 0 Å². The SMILES string of the molecule is CC(Nc1c(F)cc(C#N)cc1F)c1nc(C(C)(C)C)cs1. The molecule has 22 heavy (non-hydrogen) atoms. The van der Waals surface area contributed by atoms with E-state index >= 15 is 0 Å². The summed E-state index contributed by atoms with van der Waals surface area (Å²) in [6.45, 7) is 7.97. The van der Waals surface area contributed by atoms with Gasteiger partial charge in [-0.05, 0) is 19.1 Å². The molecule has 1 atom stereocenters. The lowest BCUT2D eigenvalue weighted by molar-refractivity contribution is 0.567. The highest BCUT2D eigenvalue weighted by Crippen LogP contribution is 2.30. The van der Waals surface area contributed by atoms with E-state index in [1.165, 1.54) is 11.3 Å². The highest BCUT2D eigenvalue weighted by atomic mass is 32.1. The van der Waals surface area contributed by atoms with Crippen molar-refractivity contribution >= 4 is 17.0 Å². The van der Waals surface area contributed by atoms with E-state index in [9.17, 15) is 8.78 Å². The number of nitriles is 1. The van der Waals surface area contributed by atoms with Crippen LogP contribution in [0.15, 0.2) is 17.5 Å². The summed E-state index contributed by atoms with van der Waals surface area (Å²) in [7, 11) is 0. The largest absolute Gasteiger partial charge is 0.371 e. The first-order chi connectivity index (χ1) is 10.2. The van der Waals surface area contributed by atoms with Crippen LogP contribution in [0.1, 0.15) is 50.0 Å². The van der Waals surface area contributed by atoms with E-state index in [4.69, 9.17) is 5.26 Å². The number of anilines is 1. The van der Waals surface area contributed by atoms with Crippen molar-refractivity contribution in [3.8, 4) is 6.07 Å². The second-order valence-corrected chi connectivity index (χ2v) is 7.00. The molecular formula is C16H17F2N3S. The van der Waals surface area contributed by atoms with Crippen molar-refractivity contribution in [2.24, 2.45) is 0 Å². The molecule has 1 aromatic heterocycles. The minimum absolute atomic E-state index is 0.0440. The van der Waals surface area contributed by atoms with Gasteiger partial charge in [0, 0.05) is 10.8 Å². The molecule has 2 aromatic rings. The number of hydrogen-bond donors (Lipinski definition) is 1. The summed E-state index contributed by atoms with van der Waals surface area (Å²) < 4.78 is 27.8. The molecule has 1 heterocycles. The van der Waals surface area contributed by atoms with Crippen LogP contribution in [-0.4, -0.2) is 4.98 Å². The van der Waals surface area contributed by atoms with Gasteiger partial charge in [0.2, 0.25) is 0 Å². The predicted molar refractivity (Wildman–Crippen MR) is 83.9 cm³/mol. The molecule has 1 unspecified atom stereocenters. The minimum atomic E-state index is -0.781. The molecule has 116 valence electrons. The maximum absolute atomic E-state index is 13.9. The fourth-order valence-corrected chi connectivity index (χ4v) is 2.94. The third kappa shape index (κ3) is 3.42. The normalized spacial score (nSPS) is 12.8. The van der Waals surface area contributed by atoms with Gasteiger partial charge in [0.15, 0.2) is 11.6 Å². The number of nitrogens with zero attached hydrogens (tertiary/aromatic N) is 2. The number of rotatable bonds is 3. The van der Waals surface area contributed by atoms with Crippen LogP contribution >= 0.6 is 11.3 Å². The Morgan fingerprint density at radius 3 is 2.32 bits per heavy atom. The van der Waals surface area contributed by atoms with Crippen LogP contribution in [0.25, 0.3) is 0 Å². The molecule has 0 aliphatic carbocycles. The van der Waals surface area contributed by atoms with Crippen LogP contribution in [0.5, 0.6) is 0 Å². The van der Waals surface area contributed by atoms with Crippen LogP contribution in [0, 0.1) is 23.0 Å². The lowest BCUT2D eigenvalue weighted by Gasteiger charge is -2.16. The predicted octanol–water partition coefficient (Wildman–Crippen LogP) is 4.76. The van der Waals surface area contributed by atoms with Gasteiger partial charge < -0.3 is 5.32 Å². The van der Waals surface area contributed by atoms with Gasteiger partial charge >= 0.3 is 0 Å². The van der Waals surface area contributed by atoms with Crippen molar-refractivity contribution in [1.82, 2.24) is 4.98 Å². The molecule has 0 bridgehead atoms. The van der Waals surface area contributed by atoms with Gasteiger partial charge in [0.25, 0.3) is 0 Å². The van der Waals surface area contributed by atoms with E-state index in [1.807, 2.05) is 5.38 Å². The molecule has 1 aromatic carbocycles. The van der Waals surface area contributed by atoms with E-state index in [2.05, 4.69) is 31.1 Å². The Morgan fingerprint density at radius 1 is 1.27 bits per heavy atom. The fraction of sp³-hybridized carbons (Fsp3) is 0.375. The van der Waals surface area contributed by atoms with Crippen molar-refractivity contribution in [1.29, 1.82) is 5.26 Å². The number of benzene rings is 1. The number of aromatic nitrogens is 1. The molecule has 0 spiro atoms. The molecule has 0 saturated heterocycles. The van der Waals surface area contributed by atoms with Crippen molar-refractivity contribution in [3.63, 3.8) is 0 Å². The lowest BCUT2D eigenvalue weighted by Crippen LogP contribution is -2.13. The maximum atomic E-state index is 13.9. The van der Waals surface area contributed by atoms with Gasteiger partial charge in [0.05, 0.1) is 23.4 Å². The molecule has 0 radical (unpaired) electrons. The van der Waals surface area contributed by atoms with E-state index in [0.29, 0.717) is 0 Å². The Hall–Kier alpha value is -2.00. The van der Waals surface area contributed by atoms with Crippen molar-refractivity contribution in [3.05, 3.63) is 45.4 Å². The first-order valence-electron chi connectivity index (χ1n) is 6.84. The molecule has 0 amide bonds. The zero-order valence-corrected chi connectivity index (χ0v) is 13.7. The summed E-state index contributed by atoms with van der Waals surface area (Å²) in [5, 5.41) is 14.2.